The molecule has 27 heavy (non-hydrogen) atoms. The minimum Gasteiger partial charge on any atom is -0.486 e. The summed E-state index contributed by atoms with van der Waals surface area (Å²) in [5, 5.41) is 12.7. The molecule has 136 valence electrons. The van der Waals surface area contributed by atoms with E-state index in [1.54, 1.807) is 48.7 Å². The largest absolute Gasteiger partial charge is 0.486 e. The molecule has 0 bridgehead atoms. The highest BCUT2D eigenvalue weighted by Crippen LogP contribution is 2.15. The van der Waals surface area contributed by atoms with E-state index in [0.717, 1.165) is 5.56 Å². The molecular formula is C19H15N3O5. The van der Waals surface area contributed by atoms with E-state index in [4.69, 9.17) is 14.3 Å². The number of aromatic nitrogens is 1. The van der Waals surface area contributed by atoms with Crippen LogP contribution in [-0.2, 0) is 6.61 Å². The van der Waals surface area contributed by atoms with Crippen molar-refractivity contribution in [3.8, 4) is 5.75 Å². The minimum absolute atomic E-state index is 0.113. The molecule has 0 unspecified atom stereocenters. The van der Waals surface area contributed by atoms with Crippen molar-refractivity contribution in [2.45, 2.75) is 6.61 Å². The maximum absolute atomic E-state index is 11.8. The van der Waals surface area contributed by atoms with Gasteiger partial charge in [-0.2, -0.15) is 5.10 Å². The van der Waals surface area contributed by atoms with Gasteiger partial charge in [-0.15, -0.1) is 0 Å². The topological polar surface area (TPSA) is 114 Å². The predicted molar refractivity (Wildman–Crippen MR) is 95.7 cm³/mol. The van der Waals surface area contributed by atoms with Gasteiger partial charge in [0.05, 0.1) is 11.8 Å². The van der Waals surface area contributed by atoms with Crippen molar-refractivity contribution >= 4 is 18.1 Å². The van der Waals surface area contributed by atoms with Crippen molar-refractivity contribution in [2.24, 2.45) is 5.10 Å². The van der Waals surface area contributed by atoms with E-state index in [1.165, 1.54) is 18.5 Å². The summed E-state index contributed by atoms with van der Waals surface area (Å²) in [6, 6.07) is 13.2. The maximum Gasteiger partial charge on any atom is 0.371 e. The lowest BCUT2D eigenvalue weighted by Gasteiger charge is -2.04. The van der Waals surface area contributed by atoms with Crippen molar-refractivity contribution in [2.75, 3.05) is 0 Å². The second kappa shape index (κ2) is 8.43. The van der Waals surface area contributed by atoms with E-state index in [0.29, 0.717) is 17.1 Å². The number of hydrazone groups is 1. The molecule has 0 radical (unpaired) electrons. The fourth-order valence-electron chi connectivity index (χ4n) is 2.10. The second-order valence-electron chi connectivity index (χ2n) is 5.37. The Balaban J connectivity index is 1.50. The van der Waals surface area contributed by atoms with E-state index < -0.39 is 5.97 Å². The highest BCUT2D eigenvalue weighted by Gasteiger charge is 2.09. The lowest BCUT2D eigenvalue weighted by Crippen LogP contribution is -2.17. The van der Waals surface area contributed by atoms with Gasteiger partial charge in [-0.25, -0.2) is 10.2 Å². The lowest BCUT2D eigenvalue weighted by atomic mass is 10.2. The van der Waals surface area contributed by atoms with Crippen LogP contribution < -0.4 is 10.2 Å². The molecule has 0 aliphatic carbocycles. The zero-order valence-electron chi connectivity index (χ0n) is 14.0. The number of nitrogens with zero attached hydrogens (tertiary/aromatic N) is 2. The molecule has 2 aromatic heterocycles. The van der Waals surface area contributed by atoms with E-state index in [-0.39, 0.29) is 18.3 Å². The molecule has 0 atom stereocenters. The first-order valence-corrected chi connectivity index (χ1v) is 7.90. The number of carboxylic acids is 1. The fraction of sp³-hybridized carbons (Fsp3) is 0.0526. The van der Waals surface area contributed by atoms with Crippen LogP contribution in [0.3, 0.4) is 0 Å². The van der Waals surface area contributed by atoms with Crippen LogP contribution in [-0.4, -0.2) is 28.2 Å². The van der Waals surface area contributed by atoms with Crippen molar-refractivity contribution in [1.82, 2.24) is 10.4 Å². The molecule has 1 amide bonds. The molecule has 2 N–H and O–H groups in total. The summed E-state index contributed by atoms with van der Waals surface area (Å²) in [5.41, 5.74) is 3.60. The number of carbonyl (C=O) groups is 2. The van der Waals surface area contributed by atoms with Gasteiger partial charge in [0.2, 0.25) is 5.76 Å². The Morgan fingerprint density at radius 3 is 2.67 bits per heavy atom. The number of nitrogens with one attached hydrogen (secondary N) is 1. The van der Waals surface area contributed by atoms with Crippen LogP contribution in [0.5, 0.6) is 5.75 Å². The maximum atomic E-state index is 11.8. The van der Waals surface area contributed by atoms with Crippen LogP contribution in [0.4, 0.5) is 0 Å². The summed E-state index contributed by atoms with van der Waals surface area (Å²) in [6.07, 6.45) is 4.54. The summed E-state index contributed by atoms with van der Waals surface area (Å²) in [5.74, 6) is -0.608. The van der Waals surface area contributed by atoms with E-state index in [9.17, 15) is 9.59 Å². The van der Waals surface area contributed by atoms with Crippen LogP contribution in [0.15, 0.2) is 70.4 Å². The molecule has 3 aromatic rings. The Hall–Kier alpha value is -3.94. The Morgan fingerprint density at radius 1 is 1.19 bits per heavy atom. The number of carbonyl (C=O) groups excluding carboxylic acids is 1. The predicted octanol–water partition coefficient (Wildman–Crippen LogP) is 2.72. The van der Waals surface area contributed by atoms with Crippen LogP contribution in [0.2, 0.25) is 0 Å². The zero-order chi connectivity index (χ0) is 19.1. The molecule has 2 heterocycles. The van der Waals surface area contributed by atoms with Crippen molar-refractivity contribution in [3.05, 3.63) is 83.6 Å². The Kier molecular flexibility index (Phi) is 5.58. The van der Waals surface area contributed by atoms with Gasteiger partial charge in [0.25, 0.3) is 5.91 Å². The van der Waals surface area contributed by atoms with Gasteiger partial charge in [0.1, 0.15) is 18.1 Å². The summed E-state index contributed by atoms with van der Waals surface area (Å²) in [4.78, 5) is 26.4. The summed E-state index contributed by atoms with van der Waals surface area (Å²) in [6.45, 7) is 0.113. The van der Waals surface area contributed by atoms with Gasteiger partial charge in [-0.1, -0.05) is 0 Å². The Morgan fingerprint density at radius 2 is 2.00 bits per heavy atom. The first kappa shape index (κ1) is 17.9. The molecule has 8 heteroatoms. The van der Waals surface area contributed by atoms with Crippen LogP contribution in [0.1, 0.15) is 32.2 Å². The van der Waals surface area contributed by atoms with E-state index >= 15 is 0 Å². The average Bonchev–Trinajstić information content (AvgIpc) is 3.17. The number of aromatic carboxylic acids is 1. The second-order valence-corrected chi connectivity index (χ2v) is 5.37. The number of furan rings is 1. The number of hydrogen-bond acceptors (Lipinski definition) is 6. The molecule has 0 saturated carbocycles. The van der Waals surface area contributed by atoms with Gasteiger partial charge in [0.15, 0.2) is 0 Å². The third-order valence-electron chi connectivity index (χ3n) is 3.44. The molecule has 0 aliphatic heterocycles. The smallest absolute Gasteiger partial charge is 0.371 e. The monoisotopic (exact) mass is 365 g/mol. The third kappa shape index (κ3) is 5.02. The summed E-state index contributed by atoms with van der Waals surface area (Å²) >= 11 is 0. The third-order valence-corrected chi connectivity index (χ3v) is 3.44. The number of carboxylic acid groups (broad SMARTS) is 1. The van der Waals surface area contributed by atoms with Crippen LogP contribution >= 0.6 is 0 Å². The first-order chi connectivity index (χ1) is 13.1. The first-order valence-electron chi connectivity index (χ1n) is 7.90. The molecule has 1 aromatic carbocycles. The summed E-state index contributed by atoms with van der Waals surface area (Å²) in [7, 11) is 0. The van der Waals surface area contributed by atoms with Crippen molar-refractivity contribution < 1.29 is 23.8 Å². The number of hydrogen-bond donors (Lipinski definition) is 2. The number of benzene rings is 1. The molecule has 0 fully saturated rings. The number of rotatable bonds is 7. The van der Waals surface area contributed by atoms with Crippen molar-refractivity contribution in [1.29, 1.82) is 0 Å². The SMILES string of the molecule is O=C(NN=Cc1ccc(OCc2ccc(C(=O)O)o2)cc1)c1cccnc1. The average molecular weight is 365 g/mol. The van der Waals surface area contributed by atoms with Gasteiger partial charge in [0, 0.05) is 12.4 Å². The molecule has 0 spiro atoms. The number of amides is 1. The zero-order valence-corrected chi connectivity index (χ0v) is 14.0. The molecule has 0 saturated heterocycles. The van der Waals surface area contributed by atoms with E-state index in [1.807, 2.05) is 0 Å². The minimum atomic E-state index is -1.12. The Labute approximate surface area is 154 Å². The van der Waals surface area contributed by atoms with Gasteiger partial charge in [-0.05, 0) is 54.1 Å². The molecular weight excluding hydrogens is 350 g/mol. The molecule has 3 rings (SSSR count). The van der Waals surface area contributed by atoms with Crippen LogP contribution in [0.25, 0.3) is 0 Å². The number of pyridine rings is 1. The number of ether oxygens (including phenoxy) is 1. The highest BCUT2D eigenvalue weighted by atomic mass is 16.5. The van der Waals surface area contributed by atoms with E-state index in [2.05, 4.69) is 15.5 Å². The highest BCUT2D eigenvalue weighted by molar-refractivity contribution is 5.94. The van der Waals surface area contributed by atoms with Gasteiger partial charge in [-0.3, -0.25) is 9.78 Å². The van der Waals surface area contributed by atoms with Crippen molar-refractivity contribution in [3.63, 3.8) is 0 Å². The van der Waals surface area contributed by atoms with Gasteiger partial charge >= 0.3 is 5.97 Å². The molecule has 8 nitrogen and oxygen atoms in total. The standard InChI is InChI=1S/C19H15N3O5/c23-18(14-2-1-9-20-11-14)22-21-10-13-3-5-15(6-4-13)26-12-16-7-8-17(27-16)19(24)25/h1-11H,12H2,(H,22,23)(H,24,25). The fourth-order valence-corrected chi connectivity index (χ4v) is 2.10. The normalized spacial score (nSPS) is 10.7. The Bertz CT molecular complexity index is 949. The lowest BCUT2D eigenvalue weighted by molar-refractivity contribution is 0.0658. The van der Waals surface area contributed by atoms with Gasteiger partial charge < -0.3 is 14.3 Å². The van der Waals surface area contributed by atoms with Crippen LogP contribution in [0, 0.1) is 0 Å². The summed E-state index contributed by atoms with van der Waals surface area (Å²) < 4.78 is 10.6. The molecule has 0 aliphatic rings. The quantitative estimate of drug-likeness (QED) is 0.491.